The minimum Gasteiger partial charge on any atom is -0.497 e. The highest BCUT2D eigenvalue weighted by atomic mass is 32.2. The van der Waals surface area contributed by atoms with Crippen molar-refractivity contribution in [1.29, 1.82) is 0 Å². The molecule has 0 bridgehead atoms. The molecule has 3 aromatic rings. The molecule has 2 amide bonds. The third-order valence-electron chi connectivity index (χ3n) is 4.99. The molecular weight excluding hydrogens is 508 g/mol. The van der Waals surface area contributed by atoms with Crippen LogP contribution >= 0.6 is 11.8 Å². The van der Waals surface area contributed by atoms with E-state index in [4.69, 9.17) is 13.9 Å². The highest BCUT2D eigenvalue weighted by Crippen LogP contribution is 2.32. The predicted molar refractivity (Wildman–Crippen MR) is 135 cm³/mol. The van der Waals surface area contributed by atoms with Gasteiger partial charge in [-0.15, -0.1) is 0 Å². The van der Waals surface area contributed by atoms with Crippen molar-refractivity contribution in [3.05, 3.63) is 72.3 Å². The summed E-state index contributed by atoms with van der Waals surface area (Å²) in [5, 5.41) is 2.98. The van der Waals surface area contributed by atoms with Gasteiger partial charge in [-0.05, 0) is 48.5 Å². The van der Waals surface area contributed by atoms with Gasteiger partial charge in [0.15, 0.2) is 5.17 Å². The molecule has 4 rings (SSSR count). The van der Waals surface area contributed by atoms with E-state index in [1.54, 1.807) is 30.3 Å². The summed E-state index contributed by atoms with van der Waals surface area (Å²) in [5.74, 6) is 0.422. The Morgan fingerprint density at radius 2 is 1.89 bits per heavy atom. The van der Waals surface area contributed by atoms with Crippen LogP contribution in [0.1, 0.15) is 5.76 Å². The van der Waals surface area contributed by atoms with Crippen molar-refractivity contribution >= 4 is 46.2 Å². The molecule has 1 N–H and O–H groups in total. The zero-order chi connectivity index (χ0) is 26.4. The monoisotopic (exact) mass is 529 g/mol. The summed E-state index contributed by atoms with van der Waals surface area (Å²) in [6, 6.07) is 13.8. The van der Waals surface area contributed by atoms with E-state index in [0.717, 1.165) is 11.8 Å². The minimum absolute atomic E-state index is 0.0595. The van der Waals surface area contributed by atoms with E-state index < -0.39 is 12.5 Å². The number of hydrogen-bond acceptors (Lipinski definition) is 8. The SMILES string of the molecule is COc1ccc(NC(=O)CSC2=N/C(=C/c3ccco3)C(=O)N2c2ccc(OC(F)F)cc2)c(OC)c1. The van der Waals surface area contributed by atoms with Gasteiger partial charge in [0.25, 0.3) is 5.91 Å². The highest BCUT2D eigenvalue weighted by molar-refractivity contribution is 8.14. The largest absolute Gasteiger partial charge is 0.497 e. The molecule has 2 heterocycles. The van der Waals surface area contributed by atoms with Crippen molar-refractivity contribution in [1.82, 2.24) is 0 Å². The zero-order valence-corrected chi connectivity index (χ0v) is 20.5. The number of thioether (sulfide) groups is 1. The summed E-state index contributed by atoms with van der Waals surface area (Å²) < 4.78 is 45.2. The van der Waals surface area contributed by atoms with Gasteiger partial charge in [0.2, 0.25) is 5.91 Å². The lowest BCUT2D eigenvalue weighted by Gasteiger charge is -2.18. The van der Waals surface area contributed by atoms with Crippen LogP contribution in [0.2, 0.25) is 0 Å². The lowest BCUT2D eigenvalue weighted by molar-refractivity contribution is -0.114. The van der Waals surface area contributed by atoms with Crippen LogP contribution in [0.3, 0.4) is 0 Å². The number of nitrogens with one attached hydrogen (secondary N) is 1. The molecule has 0 aliphatic carbocycles. The predicted octanol–water partition coefficient (Wildman–Crippen LogP) is 5.01. The van der Waals surface area contributed by atoms with Gasteiger partial charge >= 0.3 is 6.61 Å². The molecule has 9 nitrogen and oxygen atoms in total. The van der Waals surface area contributed by atoms with Gasteiger partial charge in [-0.2, -0.15) is 8.78 Å². The van der Waals surface area contributed by atoms with E-state index in [2.05, 4.69) is 15.0 Å². The van der Waals surface area contributed by atoms with Crippen molar-refractivity contribution in [3.8, 4) is 17.2 Å². The molecule has 12 heteroatoms. The molecule has 1 aliphatic heterocycles. The number of halogens is 2. The number of methoxy groups -OCH3 is 2. The molecule has 192 valence electrons. The van der Waals surface area contributed by atoms with Crippen molar-refractivity contribution in [3.63, 3.8) is 0 Å². The van der Waals surface area contributed by atoms with Crippen molar-refractivity contribution in [2.45, 2.75) is 6.61 Å². The Kier molecular flexibility index (Phi) is 8.08. The van der Waals surface area contributed by atoms with Gasteiger partial charge in [-0.25, -0.2) is 4.99 Å². The van der Waals surface area contributed by atoms with E-state index in [1.807, 2.05) is 0 Å². The van der Waals surface area contributed by atoms with Gasteiger partial charge < -0.3 is 23.9 Å². The Hall–Kier alpha value is -4.32. The van der Waals surface area contributed by atoms with E-state index in [0.29, 0.717) is 28.6 Å². The molecule has 0 fully saturated rings. The van der Waals surface area contributed by atoms with Crippen LogP contribution < -0.4 is 24.4 Å². The third-order valence-corrected chi connectivity index (χ3v) is 5.93. The lowest BCUT2D eigenvalue weighted by Crippen LogP contribution is -2.31. The molecule has 2 aromatic carbocycles. The van der Waals surface area contributed by atoms with Crippen LogP contribution in [0.4, 0.5) is 20.2 Å². The smallest absolute Gasteiger partial charge is 0.387 e. The second-order valence-electron chi connectivity index (χ2n) is 7.36. The second-order valence-corrected chi connectivity index (χ2v) is 8.30. The minimum atomic E-state index is -2.97. The zero-order valence-electron chi connectivity index (χ0n) is 19.6. The van der Waals surface area contributed by atoms with E-state index >= 15 is 0 Å². The van der Waals surface area contributed by atoms with Gasteiger partial charge in [0.1, 0.15) is 28.7 Å². The van der Waals surface area contributed by atoms with Gasteiger partial charge in [-0.3, -0.25) is 14.5 Å². The lowest BCUT2D eigenvalue weighted by atomic mass is 10.2. The summed E-state index contributed by atoms with van der Waals surface area (Å²) in [6.45, 7) is -2.97. The first kappa shape index (κ1) is 25.8. The fraction of sp³-hybridized carbons (Fsp3) is 0.160. The topological polar surface area (TPSA) is 103 Å². The van der Waals surface area contributed by atoms with Crippen LogP contribution in [0.15, 0.2) is 76.0 Å². The van der Waals surface area contributed by atoms with E-state index in [9.17, 15) is 18.4 Å². The number of anilines is 2. The number of amides is 2. The van der Waals surface area contributed by atoms with Gasteiger partial charge in [0.05, 0.1) is 37.6 Å². The number of alkyl halides is 2. The summed E-state index contributed by atoms with van der Waals surface area (Å²) in [7, 11) is 2.99. The average Bonchev–Trinajstić information content (AvgIpc) is 3.51. The van der Waals surface area contributed by atoms with E-state index in [-0.39, 0.29) is 28.3 Å². The molecule has 0 atom stereocenters. The van der Waals surface area contributed by atoms with Crippen LogP contribution in [0.25, 0.3) is 6.08 Å². The second kappa shape index (κ2) is 11.6. The number of aliphatic imine (C=N–C) groups is 1. The van der Waals surface area contributed by atoms with Crippen molar-refractivity contribution < 1.29 is 37.0 Å². The Morgan fingerprint density at radius 3 is 2.54 bits per heavy atom. The molecule has 1 aromatic heterocycles. The molecule has 0 radical (unpaired) electrons. The molecule has 0 unspecified atom stereocenters. The Bertz CT molecular complexity index is 1330. The molecule has 0 saturated heterocycles. The summed E-state index contributed by atoms with van der Waals surface area (Å²) >= 11 is 1.03. The number of rotatable bonds is 9. The van der Waals surface area contributed by atoms with Crippen LogP contribution in [-0.2, 0) is 9.59 Å². The quantitative estimate of drug-likeness (QED) is 0.389. The fourth-order valence-electron chi connectivity index (χ4n) is 3.32. The summed E-state index contributed by atoms with van der Waals surface area (Å²) in [5.41, 5.74) is 0.892. The number of nitrogens with zero attached hydrogens (tertiary/aromatic N) is 2. The number of benzene rings is 2. The maximum atomic E-state index is 13.2. The average molecular weight is 530 g/mol. The number of furan rings is 1. The van der Waals surface area contributed by atoms with Gasteiger partial charge in [-0.1, -0.05) is 11.8 Å². The Labute approximate surface area is 214 Å². The van der Waals surface area contributed by atoms with Gasteiger partial charge in [0, 0.05) is 12.1 Å². The first-order chi connectivity index (χ1) is 17.9. The first-order valence-corrected chi connectivity index (χ1v) is 11.7. The number of carbonyl (C=O) groups is 2. The summed E-state index contributed by atoms with van der Waals surface area (Å²) in [4.78, 5) is 31.6. The number of hydrogen-bond donors (Lipinski definition) is 1. The Morgan fingerprint density at radius 1 is 1.14 bits per heavy atom. The molecule has 37 heavy (non-hydrogen) atoms. The van der Waals surface area contributed by atoms with Crippen molar-refractivity contribution in [2.75, 3.05) is 30.2 Å². The first-order valence-electron chi connectivity index (χ1n) is 10.8. The van der Waals surface area contributed by atoms with Crippen LogP contribution in [0, 0.1) is 0 Å². The highest BCUT2D eigenvalue weighted by Gasteiger charge is 2.32. The normalized spacial score (nSPS) is 14.2. The maximum Gasteiger partial charge on any atom is 0.387 e. The molecule has 0 saturated carbocycles. The summed E-state index contributed by atoms with van der Waals surface area (Å²) in [6.07, 6.45) is 2.93. The Balaban J connectivity index is 1.53. The molecule has 1 aliphatic rings. The molecule has 0 spiro atoms. The molecular formula is C25H21F2N3O6S. The van der Waals surface area contributed by atoms with E-state index in [1.165, 1.54) is 55.7 Å². The maximum absolute atomic E-state index is 13.2. The standard InChI is InChI=1S/C25H21F2N3O6S/c1-33-17-9-10-19(21(13-17)34-2)28-22(31)14-37-25-29-20(12-18-4-3-11-35-18)23(32)30(25)15-5-7-16(8-6-15)36-24(26)27/h3-13,24H,14H2,1-2H3,(H,28,31)/b20-12+. The number of amidine groups is 1. The van der Waals surface area contributed by atoms with Crippen molar-refractivity contribution in [2.24, 2.45) is 4.99 Å². The number of ether oxygens (including phenoxy) is 3. The fourth-order valence-corrected chi connectivity index (χ4v) is 4.14. The van der Waals surface area contributed by atoms with Crippen LogP contribution in [0.5, 0.6) is 17.2 Å². The third kappa shape index (κ3) is 6.28. The van der Waals surface area contributed by atoms with Crippen LogP contribution in [-0.4, -0.2) is 43.6 Å². The number of carbonyl (C=O) groups excluding carboxylic acids is 2.